The van der Waals surface area contributed by atoms with Crippen molar-refractivity contribution < 1.29 is 0 Å². The summed E-state index contributed by atoms with van der Waals surface area (Å²) < 4.78 is 0. The first-order valence-corrected chi connectivity index (χ1v) is 7.38. The van der Waals surface area contributed by atoms with Gasteiger partial charge in [0.15, 0.2) is 0 Å². The van der Waals surface area contributed by atoms with Crippen molar-refractivity contribution in [1.29, 1.82) is 0 Å². The van der Waals surface area contributed by atoms with Crippen LogP contribution in [0.1, 0.15) is 40.0 Å². The van der Waals surface area contributed by atoms with Gasteiger partial charge in [0, 0.05) is 0 Å². The molecule has 0 radical (unpaired) electrons. The highest BCUT2D eigenvalue weighted by atomic mass is 32.3. The van der Waals surface area contributed by atoms with E-state index in [0.717, 1.165) is 5.25 Å². The lowest BCUT2D eigenvalue weighted by atomic mass is 10.3. The highest BCUT2D eigenvalue weighted by molar-refractivity contribution is 8.33. The highest BCUT2D eigenvalue weighted by Crippen LogP contribution is 2.45. The summed E-state index contributed by atoms with van der Waals surface area (Å²) in [5.41, 5.74) is 0. The molecule has 0 aromatic carbocycles. The molecular weight excluding hydrogens is 152 g/mol. The summed E-state index contributed by atoms with van der Waals surface area (Å²) in [7, 11) is -0.270. The Labute approximate surface area is 74.1 Å². The maximum Gasteiger partial charge on any atom is -0.0173 e. The average Bonchev–Trinajstić information content (AvgIpc) is 1.88. The van der Waals surface area contributed by atoms with Crippen molar-refractivity contribution in [2.24, 2.45) is 0 Å². The quantitative estimate of drug-likeness (QED) is 0.561. The van der Waals surface area contributed by atoms with Crippen LogP contribution in [0.15, 0.2) is 0 Å². The summed E-state index contributed by atoms with van der Waals surface area (Å²) in [6.45, 7) is 7.00. The van der Waals surface area contributed by atoms with E-state index in [1.807, 2.05) is 0 Å². The molecule has 0 aliphatic heterocycles. The third kappa shape index (κ3) is 4.73. The van der Waals surface area contributed by atoms with Crippen LogP contribution >= 0.6 is 10.0 Å². The smallest absolute Gasteiger partial charge is 0.0173 e. The van der Waals surface area contributed by atoms with Gasteiger partial charge in [-0.2, -0.15) is 0 Å². The molecule has 0 N–H and O–H groups in total. The lowest BCUT2D eigenvalue weighted by Crippen LogP contribution is -2.12. The lowest BCUT2D eigenvalue weighted by Gasteiger charge is -2.35. The fourth-order valence-corrected chi connectivity index (χ4v) is 2.38. The molecule has 0 fully saturated rings. The Morgan fingerprint density at radius 3 is 2.00 bits per heavy atom. The molecule has 11 heavy (non-hydrogen) atoms. The maximum absolute atomic E-state index is 2.47. The molecule has 0 saturated heterocycles. The summed E-state index contributed by atoms with van der Waals surface area (Å²) in [5.74, 6) is 1.47. The van der Waals surface area contributed by atoms with Crippen LogP contribution in [0.4, 0.5) is 0 Å². The topological polar surface area (TPSA) is 0 Å². The molecule has 0 atom stereocenters. The van der Waals surface area contributed by atoms with Gasteiger partial charge in [-0.05, 0) is 29.9 Å². The molecule has 0 heterocycles. The Morgan fingerprint density at radius 1 is 1.09 bits per heavy atom. The number of rotatable bonds is 5. The van der Waals surface area contributed by atoms with Gasteiger partial charge in [-0.1, -0.05) is 33.6 Å². The Bertz CT molecular complexity index is 95.0. The van der Waals surface area contributed by atoms with Crippen LogP contribution in [0.25, 0.3) is 0 Å². The minimum Gasteiger partial charge on any atom is -0.244 e. The Morgan fingerprint density at radius 2 is 1.64 bits per heavy atom. The van der Waals surface area contributed by atoms with Crippen LogP contribution in [0, 0.1) is 0 Å². The average molecular weight is 176 g/mol. The van der Waals surface area contributed by atoms with Gasteiger partial charge in [-0.15, -0.1) is 0 Å². The van der Waals surface area contributed by atoms with Gasteiger partial charge < -0.3 is 0 Å². The van der Waals surface area contributed by atoms with Crippen LogP contribution in [0.2, 0.25) is 0 Å². The van der Waals surface area contributed by atoms with E-state index in [9.17, 15) is 0 Å². The minimum atomic E-state index is -0.270. The van der Waals surface area contributed by atoms with Gasteiger partial charge in [0.25, 0.3) is 0 Å². The predicted molar refractivity (Wildman–Crippen MR) is 59.0 cm³/mol. The van der Waals surface area contributed by atoms with Crippen LogP contribution in [-0.4, -0.2) is 23.5 Å². The molecule has 1 heteroatoms. The van der Waals surface area contributed by atoms with Gasteiger partial charge in [0.2, 0.25) is 0 Å². The van der Waals surface area contributed by atoms with Crippen molar-refractivity contribution >= 4 is 10.0 Å². The van der Waals surface area contributed by atoms with Crippen molar-refractivity contribution in [3.63, 3.8) is 0 Å². The normalized spacial score (nSPS) is 14.0. The molecule has 0 amide bonds. The number of hydrogen-bond acceptors (Lipinski definition) is 0. The van der Waals surface area contributed by atoms with Gasteiger partial charge in [0.05, 0.1) is 0 Å². The Hall–Kier alpha value is 0.350. The van der Waals surface area contributed by atoms with Crippen molar-refractivity contribution in [2.75, 3.05) is 18.3 Å². The van der Waals surface area contributed by atoms with Crippen molar-refractivity contribution in [3.05, 3.63) is 0 Å². The van der Waals surface area contributed by atoms with E-state index in [1.165, 1.54) is 25.0 Å². The summed E-state index contributed by atoms with van der Waals surface area (Å²) in [6, 6.07) is 0. The summed E-state index contributed by atoms with van der Waals surface area (Å²) in [4.78, 5) is 0. The number of hydrogen-bond donors (Lipinski definition) is 0. The van der Waals surface area contributed by atoms with Crippen LogP contribution in [0.3, 0.4) is 0 Å². The molecule has 0 saturated carbocycles. The van der Waals surface area contributed by atoms with E-state index in [0.29, 0.717) is 0 Å². The van der Waals surface area contributed by atoms with E-state index < -0.39 is 0 Å². The zero-order valence-corrected chi connectivity index (χ0v) is 9.63. The zero-order valence-electron chi connectivity index (χ0n) is 8.81. The Kier molecular flexibility index (Phi) is 5.24. The fraction of sp³-hybridized carbons (Fsp3) is 1.00. The molecule has 0 spiro atoms. The van der Waals surface area contributed by atoms with Crippen LogP contribution in [0.5, 0.6) is 0 Å². The van der Waals surface area contributed by atoms with Gasteiger partial charge >= 0.3 is 0 Å². The van der Waals surface area contributed by atoms with Crippen molar-refractivity contribution in [3.8, 4) is 0 Å². The van der Waals surface area contributed by atoms with E-state index >= 15 is 0 Å². The van der Waals surface area contributed by atoms with E-state index in [2.05, 4.69) is 33.3 Å². The van der Waals surface area contributed by atoms with E-state index in [-0.39, 0.29) is 10.0 Å². The molecule has 0 bridgehead atoms. The number of unbranched alkanes of at least 4 members (excludes halogenated alkanes) is 2. The second-order valence-corrected chi connectivity index (χ2v) is 8.68. The molecule has 0 unspecified atom stereocenters. The minimum absolute atomic E-state index is 0.270. The fourth-order valence-electron chi connectivity index (χ4n) is 0.960. The first-order valence-electron chi connectivity index (χ1n) is 4.70. The maximum atomic E-state index is 2.47. The van der Waals surface area contributed by atoms with E-state index in [4.69, 9.17) is 0 Å². The molecule has 0 aliphatic carbocycles. The summed E-state index contributed by atoms with van der Waals surface area (Å²) >= 11 is 0. The second-order valence-electron chi connectivity index (χ2n) is 4.08. The molecule has 0 aromatic heterocycles. The molecule has 0 aromatic rings. The second kappa shape index (κ2) is 5.08. The first kappa shape index (κ1) is 11.4. The highest BCUT2D eigenvalue weighted by Gasteiger charge is 2.14. The molecule has 70 valence electrons. The lowest BCUT2D eigenvalue weighted by molar-refractivity contribution is 0.774. The predicted octanol–water partition coefficient (Wildman–Crippen LogP) is 3.65. The Balaban J connectivity index is 3.55. The SMILES string of the molecule is CCCCCS(C)(C)C(C)C. The van der Waals surface area contributed by atoms with E-state index in [1.54, 1.807) is 0 Å². The summed E-state index contributed by atoms with van der Waals surface area (Å²) in [5, 5.41) is 0.902. The molecule has 0 aliphatic rings. The van der Waals surface area contributed by atoms with Gasteiger partial charge in [-0.25, -0.2) is 10.0 Å². The third-order valence-electron chi connectivity index (χ3n) is 2.55. The van der Waals surface area contributed by atoms with Crippen molar-refractivity contribution in [2.45, 2.75) is 45.3 Å². The molecule has 0 nitrogen and oxygen atoms in total. The van der Waals surface area contributed by atoms with Crippen LogP contribution in [-0.2, 0) is 0 Å². The van der Waals surface area contributed by atoms with Gasteiger partial charge in [0.1, 0.15) is 0 Å². The molecular formula is C10H24S. The van der Waals surface area contributed by atoms with Crippen molar-refractivity contribution in [1.82, 2.24) is 0 Å². The monoisotopic (exact) mass is 176 g/mol. The third-order valence-corrected chi connectivity index (χ3v) is 6.44. The summed E-state index contributed by atoms with van der Waals surface area (Å²) in [6.07, 6.45) is 9.15. The zero-order chi connectivity index (χ0) is 8.91. The standard InChI is InChI=1S/C10H24S/c1-6-7-8-9-11(4,5)10(2)3/h10H,6-9H2,1-5H3. The van der Waals surface area contributed by atoms with Gasteiger partial charge in [-0.3, -0.25) is 0 Å². The largest absolute Gasteiger partial charge is 0.244 e. The molecule has 0 rings (SSSR count). The van der Waals surface area contributed by atoms with Crippen LogP contribution < -0.4 is 0 Å². The first-order chi connectivity index (χ1) is 5.00.